The van der Waals surface area contributed by atoms with Gasteiger partial charge in [0, 0.05) is 23.0 Å². The van der Waals surface area contributed by atoms with Gasteiger partial charge in [0.25, 0.3) is 0 Å². The molecule has 20 heavy (non-hydrogen) atoms. The number of ether oxygens (including phenoxy) is 1. The normalized spacial score (nSPS) is 17.4. The number of rotatable bonds is 3. The molecule has 1 saturated heterocycles. The molecule has 1 aliphatic rings. The molecule has 0 aromatic heterocycles. The summed E-state index contributed by atoms with van der Waals surface area (Å²) in [6.45, 7) is 8.16. The van der Waals surface area contributed by atoms with E-state index in [4.69, 9.17) is 10.5 Å². The lowest BCUT2D eigenvalue weighted by Gasteiger charge is -2.29. The van der Waals surface area contributed by atoms with Gasteiger partial charge in [-0.05, 0) is 17.7 Å². The summed E-state index contributed by atoms with van der Waals surface area (Å²) >= 11 is 3.46. The molecule has 0 atom stereocenters. The van der Waals surface area contributed by atoms with Crippen LogP contribution < -0.4 is 5.73 Å². The van der Waals surface area contributed by atoms with Gasteiger partial charge < -0.3 is 15.4 Å². The van der Waals surface area contributed by atoms with Crippen molar-refractivity contribution in [3.63, 3.8) is 0 Å². The molecule has 2 N–H and O–H groups in total. The highest BCUT2D eigenvalue weighted by Crippen LogP contribution is 2.25. The second-order valence-corrected chi connectivity index (χ2v) is 6.58. The number of guanidine groups is 1. The first kappa shape index (κ1) is 15.3. The molecule has 110 valence electrons. The first-order valence-corrected chi connectivity index (χ1v) is 7.67. The second-order valence-electron chi connectivity index (χ2n) is 5.66. The topological polar surface area (TPSA) is 50.8 Å². The number of morpholine rings is 1. The van der Waals surface area contributed by atoms with Gasteiger partial charge >= 0.3 is 0 Å². The third kappa shape index (κ3) is 3.96. The summed E-state index contributed by atoms with van der Waals surface area (Å²) in [4.78, 5) is 6.66. The van der Waals surface area contributed by atoms with Crippen molar-refractivity contribution in [3.05, 3.63) is 34.3 Å². The zero-order valence-corrected chi connectivity index (χ0v) is 13.7. The highest BCUT2D eigenvalue weighted by Gasteiger charge is 2.21. The van der Waals surface area contributed by atoms with Crippen LogP contribution in [0, 0.1) is 0 Å². The molecular formula is C15H22BrN3O. The number of hydrogen-bond acceptors (Lipinski definition) is 2. The average Bonchev–Trinajstić information content (AvgIpc) is 2.46. The van der Waals surface area contributed by atoms with Crippen molar-refractivity contribution in [2.24, 2.45) is 10.7 Å². The van der Waals surface area contributed by atoms with Crippen molar-refractivity contribution in [2.45, 2.75) is 19.3 Å². The van der Waals surface area contributed by atoms with Gasteiger partial charge in [-0.3, -0.25) is 4.99 Å². The van der Waals surface area contributed by atoms with E-state index in [9.17, 15) is 0 Å². The van der Waals surface area contributed by atoms with Crippen molar-refractivity contribution in [1.82, 2.24) is 4.90 Å². The van der Waals surface area contributed by atoms with Gasteiger partial charge in [0.2, 0.25) is 0 Å². The van der Waals surface area contributed by atoms with Crippen LogP contribution in [0.15, 0.2) is 33.7 Å². The highest BCUT2D eigenvalue weighted by molar-refractivity contribution is 9.10. The van der Waals surface area contributed by atoms with E-state index < -0.39 is 0 Å². The van der Waals surface area contributed by atoms with Crippen molar-refractivity contribution in [3.8, 4) is 0 Å². The molecule has 1 aromatic rings. The maximum atomic E-state index is 6.07. The van der Waals surface area contributed by atoms with Gasteiger partial charge in [-0.15, -0.1) is 0 Å². The Morgan fingerprint density at radius 2 is 1.90 bits per heavy atom. The van der Waals surface area contributed by atoms with E-state index in [2.05, 4.69) is 63.9 Å². The molecule has 0 unspecified atom stereocenters. The third-order valence-electron chi connectivity index (χ3n) is 3.60. The zero-order chi connectivity index (χ0) is 14.6. The van der Waals surface area contributed by atoms with Gasteiger partial charge in [0.15, 0.2) is 5.96 Å². The first-order valence-electron chi connectivity index (χ1n) is 6.88. The maximum absolute atomic E-state index is 6.07. The van der Waals surface area contributed by atoms with Crippen LogP contribution in [0.4, 0.5) is 0 Å². The lowest BCUT2D eigenvalue weighted by Crippen LogP contribution is -2.45. The summed E-state index contributed by atoms with van der Waals surface area (Å²) in [5.41, 5.74) is 7.30. The molecular weight excluding hydrogens is 318 g/mol. The first-order chi connectivity index (χ1) is 9.49. The van der Waals surface area contributed by atoms with Crippen LogP contribution in [0.1, 0.15) is 19.4 Å². The zero-order valence-electron chi connectivity index (χ0n) is 12.1. The van der Waals surface area contributed by atoms with E-state index in [0.717, 1.165) is 30.8 Å². The predicted octanol–water partition coefficient (Wildman–Crippen LogP) is 2.37. The maximum Gasteiger partial charge on any atom is 0.191 e. The molecule has 1 aliphatic heterocycles. The summed E-state index contributed by atoms with van der Waals surface area (Å²) in [6, 6.07) is 8.38. The number of halogens is 1. The van der Waals surface area contributed by atoms with Gasteiger partial charge in [-0.25, -0.2) is 0 Å². The average molecular weight is 340 g/mol. The Balaban J connectivity index is 2.01. The summed E-state index contributed by atoms with van der Waals surface area (Å²) < 4.78 is 6.41. The summed E-state index contributed by atoms with van der Waals surface area (Å²) in [5, 5.41) is 0. The molecule has 0 aliphatic carbocycles. The van der Waals surface area contributed by atoms with Crippen LogP contribution >= 0.6 is 15.9 Å². The molecule has 0 radical (unpaired) electrons. The monoisotopic (exact) mass is 339 g/mol. The minimum absolute atomic E-state index is 0.0302. The van der Waals surface area contributed by atoms with Crippen molar-refractivity contribution < 1.29 is 4.74 Å². The van der Waals surface area contributed by atoms with E-state index in [1.807, 2.05) is 0 Å². The summed E-state index contributed by atoms with van der Waals surface area (Å²) in [5.74, 6) is 0.624. The van der Waals surface area contributed by atoms with Gasteiger partial charge in [-0.1, -0.05) is 41.9 Å². The van der Waals surface area contributed by atoms with E-state index in [0.29, 0.717) is 12.5 Å². The Hall–Kier alpha value is -1.07. The number of nitrogens with two attached hydrogens (primary N) is 1. The Bertz CT molecular complexity index is 465. The Labute approximate surface area is 129 Å². The fourth-order valence-electron chi connectivity index (χ4n) is 2.16. The summed E-state index contributed by atoms with van der Waals surface area (Å²) in [7, 11) is 0. The lowest BCUT2D eigenvalue weighted by molar-refractivity contribution is 0.0674. The van der Waals surface area contributed by atoms with Crippen LogP contribution in [0.25, 0.3) is 0 Å². The number of nitrogens with zero attached hydrogens (tertiary/aromatic N) is 2. The molecule has 5 heteroatoms. The van der Waals surface area contributed by atoms with E-state index >= 15 is 0 Å². The van der Waals surface area contributed by atoms with E-state index in [-0.39, 0.29) is 5.41 Å². The third-order valence-corrected chi connectivity index (χ3v) is 4.13. The molecule has 1 aromatic carbocycles. The van der Waals surface area contributed by atoms with Crippen LogP contribution in [0.3, 0.4) is 0 Å². The molecule has 0 spiro atoms. The Morgan fingerprint density at radius 3 is 2.50 bits per heavy atom. The van der Waals surface area contributed by atoms with Gasteiger partial charge in [0.05, 0.1) is 19.8 Å². The fourth-order valence-corrected chi connectivity index (χ4v) is 2.43. The van der Waals surface area contributed by atoms with Gasteiger partial charge in [-0.2, -0.15) is 0 Å². The molecule has 0 amide bonds. The minimum atomic E-state index is -0.0302. The number of hydrogen-bond donors (Lipinski definition) is 1. The van der Waals surface area contributed by atoms with E-state index in [1.54, 1.807) is 0 Å². The highest BCUT2D eigenvalue weighted by atomic mass is 79.9. The number of benzene rings is 1. The molecule has 0 bridgehead atoms. The summed E-state index contributed by atoms with van der Waals surface area (Å²) in [6.07, 6.45) is 0. The lowest BCUT2D eigenvalue weighted by atomic mass is 9.85. The standard InChI is InChI=1S/C15H22BrN3O/c1-15(2,12-3-5-13(16)6-4-12)11-18-14(17)19-7-9-20-10-8-19/h3-6H,7-11H2,1-2H3,(H2,17,18). The molecule has 1 heterocycles. The molecule has 1 fully saturated rings. The van der Waals surface area contributed by atoms with Crippen LogP contribution in [-0.4, -0.2) is 43.7 Å². The fraction of sp³-hybridized carbons (Fsp3) is 0.533. The minimum Gasteiger partial charge on any atom is -0.378 e. The van der Waals surface area contributed by atoms with Gasteiger partial charge in [0.1, 0.15) is 0 Å². The van der Waals surface area contributed by atoms with Crippen LogP contribution in [0.5, 0.6) is 0 Å². The second kappa shape index (κ2) is 6.59. The predicted molar refractivity (Wildman–Crippen MR) is 86.0 cm³/mol. The van der Waals surface area contributed by atoms with Crippen molar-refractivity contribution in [2.75, 3.05) is 32.8 Å². The molecule has 0 saturated carbocycles. The molecule has 2 rings (SSSR count). The Morgan fingerprint density at radius 1 is 1.30 bits per heavy atom. The SMILES string of the molecule is CC(C)(CN=C(N)N1CCOCC1)c1ccc(Br)cc1. The Kier molecular flexibility index (Phi) is 5.05. The largest absolute Gasteiger partial charge is 0.378 e. The molecule has 4 nitrogen and oxygen atoms in total. The van der Waals surface area contributed by atoms with Crippen LogP contribution in [-0.2, 0) is 10.2 Å². The van der Waals surface area contributed by atoms with Crippen LogP contribution in [0.2, 0.25) is 0 Å². The smallest absolute Gasteiger partial charge is 0.191 e. The quantitative estimate of drug-likeness (QED) is 0.679. The van der Waals surface area contributed by atoms with E-state index in [1.165, 1.54) is 5.56 Å². The van der Waals surface area contributed by atoms with Crippen molar-refractivity contribution in [1.29, 1.82) is 0 Å². The van der Waals surface area contributed by atoms with Crippen molar-refractivity contribution >= 4 is 21.9 Å². The number of aliphatic imine (C=N–C) groups is 1.